The third-order valence-electron chi connectivity index (χ3n) is 5.90. The molecule has 0 unspecified atom stereocenters. The van der Waals surface area contributed by atoms with Crippen LogP contribution in [0.25, 0.3) is 0 Å². The molecule has 0 fully saturated rings. The van der Waals surface area contributed by atoms with E-state index < -0.39 is 34.2 Å². The highest BCUT2D eigenvalue weighted by Gasteiger charge is 2.34. The summed E-state index contributed by atoms with van der Waals surface area (Å²) in [5.74, 6) is 1.44. The molecule has 0 N–H and O–H groups in total. The van der Waals surface area contributed by atoms with Crippen molar-refractivity contribution >= 4 is 16.7 Å². The van der Waals surface area contributed by atoms with Crippen molar-refractivity contribution in [3.05, 3.63) is 76.9 Å². The summed E-state index contributed by atoms with van der Waals surface area (Å²) in [6.45, 7) is 7.71. The van der Waals surface area contributed by atoms with Gasteiger partial charge in [0.25, 0.3) is 0 Å². The molecule has 10 heteroatoms. The number of rotatable bonds is 7. The lowest BCUT2D eigenvalue weighted by atomic mass is 10.1. The largest absolute Gasteiger partial charge is 0.493 e. The molecular weight excluding hydrogens is 531 g/mol. The first-order chi connectivity index (χ1) is 18.3. The van der Waals surface area contributed by atoms with Crippen LogP contribution >= 0.6 is 0 Å². The molecule has 4 rings (SSSR count). The monoisotopic (exact) mass is 561 g/mol. The minimum absolute atomic E-state index is 0.0304. The first-order valence-corrected chi connectivity index (χ1v) is 13.3. The normalized spacial score (nSPS) is 16.3. The quantitative estimate of drug-likeness (QED) is 0.314. The SMILES string of the molecule is COc1cc([C@H]2COC(c3ccc(C(F)(F)F)cc3[S@@](=O)c3ccc(C)cc3)=N2)cc(OC)c1OC(C)(C)C. The Morgan fingerprint density at radius 1 is 0.949 bits per heavy atom. The van der Waals surface area contributed by atoms with E-state index in [-0.39, 0.29) is 23.0 Å². The van der Waals surface area contributed by atoms with Crippen molar-refractivity contribution in [2.75, 3.05) is 20.8 Å². The van der Waals surface area contributed by atoms with Crippen molar-refractivity contribution in [3.63, 3.8) is 0 Å². The molecule has 0 spiro atoms. The van der Waals surface area contributed by atoms with Crippen molar-refractivity contribution in [2.24, 2.45) is 4.99 Å². The third kappa shape index (κ3) is 6.38. The highest BCUT2D eigenvalue weighted by Crippen LogP contribution is 2.43. The average Bonchev–Trinajstić information content (AvgIpc) is 3.37. The zero-order valence-corrected chi connectivity index (χ0v) is 23.3. The fourth-order valence-corrected chi connectivity index (χ4v) is 5.24. The predicted octanol–water partition coefficient (Wildman–Crippen LogP) is 6.89. The lowest BCUT2D eigenvalue weighted by molar-refractivity contribution is -0.137. The Morgan fingerprint density at radius 2 is 1.56 bits per heavy atom. The Hall–Kier alpha value is -3.53. The molecule has 1 aliphatic heterocycles. The summed E-state index contributed by atoms with van der Waals surface area (Å²) in [4.78, 5) is 5.00. The molecule has 208 valence electrons. The molecule has 0 saturated heterocycles. The molecule has 0 bridgehead atoms. The number of ether oxygens (including phenoxy) is 4. The van der Waals surface area contributed by atoms with Crippen LogP contribution in [0.4, 0.5) is 13.2 Å². The summed E-state index contributed by atoms with van der Waals surface area (Å²) in [5.41, 5.74) is 0.469. The van der Waals surface area contributed by atoms with Gasteiger partial charge in [-0.2, -0.15) is 13.2 Å². The second kappa shape index (κ2) is 10.9. The minimum Gasteiger partial charge on any atom is -0.493 e. The molecular formula is C29H30F3NO5S. The van der Waals surface area contributed by atoms with Crippen molar-refractivity contribution in [1.29, 1.82) is 0 Å². The summed E-state index contributed by atoms with van der Waals surface area (Å²) >= 11 is 0. The maximum atomic E-state index is 13.6. The fraction of sp³-hybridized carbons (Fsp3) is 0.345. The van der Waals surface area contributed by atoms with E-state index in [0.29, 0.717) is 27.7 Å². The van der Waals surface area contributed by atoms with Crippen LogP contribution in [0.5, 0.6) is 17.2 Å². The summed E-state index contributed by atoms with van der Waals surface area (Å²) in [7, 11) is 1.13. The number of aliphatic imine (C=N–C) groups is 1. The van der Waals surface area contributed by atoms with Crippen LogP contribution in [-0.2, 0) is 21.7 Å². The highest BCUT2D eigenvalue weighted by molar-refractivity contribution is 7.85. The molecule has 3 aromatic carbocycles. The van der Waals surface area contributed by atoms with Gasteiger partial charge in [-0.1, -0.05) is 17.7 Å². The number of benzene rings is 3. The number of halogens is 3. The van der Waals surface area contributed by atoms with Gasteiger partial charge in [-0.05, 0) is 75.7 Å². The van der Waals surface area contributed by atoms with E-state index in [1.54, 1.807) is 36.4 Å². The van der Waals surface area contributed by atoms with Gasteiger partial charge in [-0.25, -0.2) is 9.20 Å². The standard InChI is InChI=1S/C29H30F3NO5S/c1-17-7-10-20(11-8-17)39(34)25-15-19(29(30,31)32)9-12-21(25)27-33-22(16-37-27)18-13-23(35-5)26(24(14-18)36-6)38-28(2,3)4/h7-15,22H,16H2,1-6H3/t22-,39+/m1/s1. The second-order valence-electron chi connectivity index (χ2n) is 10.0. The molecule has 1 aliphatic rings. The van der Waals surface area contributed by atoms with Gasteiger partial charge < -0.3 is 18.9 Å². The second-order valence-corrected chi connectivity index (χ2v) is 11.5. The van der Waals surface area contributed by atoms with Gasteiger partial charge in [0.2, 0.25) is 11.6 Å². The summed E-state index contributed by atoms with van der Waals surface area (Å²) in [6.07, 6.45) is -4.60. The number of methoxy groups -OCH3 is 2. The van der Waals surface area contributed by atoms with Crippen LogP contribution in [0.3, 0.4) is 0 Å². The Bertz CT molecular complexity index is 1390. The molecule has 0 aliphatic carbocycles. The number of nitrogens with zero attached hydrogens (tertiary/aromatic N) is 1. The molecule has 6 nitrogen and oxygen atoms in total. The van der Waals surface area contributed by atoms with Crippen molar-refractivity contribution in [3.8, 4) is 17.2 Å². The fourth-order valence-electron chi connectivity index (χ4n) is 4.01. The molecule has 0 radical (unpaired) electrons. The Labute approximate surface area is 228 Å². The van der Waals surface area contributed by atoms with Crippen molar-refractivity contribution in [2.45, 2.75) is 55.3 Å². The van der Waals surface area contributed by atoms with E-state index in [4.69, 9.17) is 18.9 Å². The van der Waals surface area contributed by atoms with Crippen LogP contribution in [0.1, 0.15) is 49.1 Å². The predicted molar refractivity (Wildman–Crippen MR) is 142 cm³/mol. The van der Waals surface area contributed by atoms with Gasteiger partial charge in [0.15, 0.2) is 11.5 Å². The smallest absolute Gasteiger partial charge is 0.416 e. The lowest BCUT2D eigenvalue weighted by Gasteiger charge is -2.25. The van der Waals surface area contributed by atoms with E-state index in [2.05, 4.69) is 4.99 Å². The van der Waals surface area contributed by atoms with Crippen molar-refractivity contribution in [1.82, 2.24) is 0 Å². The molecule has 0 saturated carbocycles. The van der Waals surface area contributed by atoms with Gasteiger partial charge in [0.05, 0.1) is 41.0 Å². The summed E-state index contributed by atoms with van der Waals surface area (Å²) < 4.78 is 77.2. The van der Waals surface area contributed by atoms with Gasteiger partial charge in [0, 0.05) is 4.90 Å². The third-order valence-corrected chi connectivity index (χ3v) is 7.34. The zero-order valence-electron chi connectivity index (χ0n) is 22.5. The van der Waals surface area contributed by atoms with Crippen molar-refractivity contribution < 1.29 is 36.3 Å². The molecule has 3 aromatic rings. The first-order valence-electron chi connectivity index (χ1n) is 12.2. The molecule has 39 heavy (non-hydrogen) atoms. The number of hydrogen-bond donors (Lipinski definition) is 0. The number of hydrogen-bond acceptors (Lipinski definition) is 6. The minimum atomic E-state index is -4.60. The molecule has 1 heterocycles. The van der Waals surface area contributed by atoms with Crippen LogP contribution in [0, 0.1) is 6.92 Å². The lowest BCUT2D eigenvalue weighted by Crippen LogP contribution is -2.23. The topological polar surface area (TPSA) is 66.4 Å². The van der Waals surface area contributed by atoms with Crippen LogP contribution in [0.2, 0.25) is 0 Å². The first kappa shape index (κ1) is 28.5. The Balaban J connectivity index is 1.76. The van der Waals surface area contributed by atoms with E-state index in [0.717, 1.165) is 17.7 Å². The Morgan fingerprint density at radius 3 is 2.10 bits per heavy atom. The molecule has 2 atom stereocenters. The van der Waals surface area contributed by atoms with Gasteiger partial charge in [-0.3, -0.25) is 0 Å². The summed E-state index contributed by atoms with van der Waals surface area (Å²) in [5, 5.41) is 0. The summed E-state index contributed by atoms with van der Waals surface area (Å²) in [6, 6.07) is 12.9. The number of aryl methyl sites for hydroxylation is 1. The zero-order chi connectivity index (χ0) is 28.5. The van der Waals surface area contributed by atoms with E-state index in [1.165, 1.54) is 20.3 Å². The Kier molecular flexibility index (Phi) is 7.97. The van der Waals surface area contributed by atoms with Crippen LogP contribution < -0.4 is 14.2 Å². The van der Waals surface area contributed by atoms with Crippen LogP contribution in [-0.4, -0.2) is 36.5 Å². The van der Waals surface area contributed by atoms with E-state index in [9.17, 15) is 17.4 Å². The van der Waals surface area contributed by atoms with Gasteiger partial charge in [-0.15, -0.1) is 0 Å². The highest BCUT2D eigenvalue weighted by atomic mass is 32.2. The molecule has 0 aromatic heterocycles. The number of alkyl halides is 3. The van der Waals surface area contributed by atoms with Crippen LogP contribution in [0.15, 0.2) is 69.4 Å². The van der Waals surface area contributed by atoms with Gasteiger partial charge >= 0.3 is 6.18 Å². The average molecular weight is 562 g/mol. The maximum absolute atomic E-state index is 13.6. The van der Waals surface area contributed by atoms with E-state index in [1.807, 2.05) is 27.7 Å². The van der Waals surface area contributed by atoms with E-state index >= 15 is 0 Å². The van der Waals surface area contributed by atoms with Gasteiger partial charge in [0.1, 0.15) is 18.2 Å². The maximum Gasteiger partial charge on any atom is 0.416 e. The molecule has 0 amide bonds.